The minimum absolute atomic E-state index is 0.197. The average Bonchev–Trinajstić information content (AvgIpc) is 2.73. The van der Waals surface area contributed by atoms with Gasteiger partial charge in [-0.05, 0) is 42.7 Å². The number of methoxy groups -OCH3 is 3. The number of benzene rings is 2. The van der Waals surface area contributed by atoms with Crippen LogP contribution >= 0.6 is 0 Å². The number of carbonyl (C=O) groups excluding carboxylic acids is 2. The molecule has 6 heteroatoms. The second-order valence-electron chi connectivity index (χ2n) is 6.06. The van der Waals surface area contributed by atoms with E-state index in [-0.39, 0.29) is 11.9 Å². The molecule has 2 aromatic carbocycles. The molecule has 0 aliphatic heterocycles. The Morgan fingerprint density at radius 3 is 2.32 bits per heavy atom. The first-order valence-corrected chi connectivity index (χ1v) is 8.85. The topological polar surface area (TPSA) is 73.9 Å². The van der Waals surface area contributed by atoms with Gasteiger partial charge in [0, 0.05) is 17.7 Å². The number of esters is 1. The van der Waals surface area contributed by atoms with Gasteiger partial charge in [-0.25, -0.2) is 4.79 Å². The average molecular weight is 383 g/mol. The van der Waals surface area contributed by atoms with Gasteiger partial charge in [0.05, 0.1) is 26.9 Å². The van der Waals surface area contributed by atoms with Crippen molar-refractivity contribution in [1.29, 1.82) is 0 Å². The highest BCUT2D eigenvalue weighted by molar-refractivity contribution is 5.95. The number of allylic oxidation sites excluding steroid dienone is 1. The predicted octanol–water partition coefficient (Wildman–Crippen LogP) is 3.19. The zero-order chi connectivity index (χ0) is 20.5. The Labute approximate surface area is 165 Å². The number of amides is 1. The number of carbonyl (C=O) groups is 2. The summed E-state index contributed by atoms with van der Waals surface area (Å²) in [5.74, 6) is 0.538. The summed E-state index contributed by atoms with van der Waals surface area (Å²) in [5.41, 5.74) is 2.83. The largest absolute Gasteiger partial charge is 0.493 e. The lowest BCUT2D eigenvalue weighted by atomic mass is 10.0. The predicted molar refractivity (Wildman–Crippen MR) is 107 cm³/mol. The van der Waals surface area contributed by atoms with E-state index in [0.29, 0.717) is 42.0 Å². The molecule has 2 rings (SSSR count). The van der Waals surface area contributed by atoms with E-state index in [1.54, 1.807) is 37.5 Å². The van der Waals surface area contributed by atoms with E-state index in [9.17, 15) is 9.59 Å². The van der Waals surface area contributed by atoms with Gasteiger partial charge in [-0.2, -0.15) is 0 Å². The van der Waals surface area contributed by atoms with Gasteiger partial charge in [0.15, 0.2) is 11.5 Å². The lowest BCUT2D eigenvalue weighted by Gasteiger charge is -2.14. The van der Waals surface area contributed by atoms with Gasteiger partial charge >= 0.3 is 5.97 Å². The first-order valence-electron chi connectivity index (χ1n) is 8.85. The van der Waals surface area contributed by atoms with Crippen LogP contribution in [0.4, 0.5) is 0 Å². The molecule has 0 aliphatic carbocycles. The van der Waals surface area contributed by atoms with Crippen molar-refractivity contribution in [3.8, 4) is 11.5 Å². The monoisotopic (exact) mass is 383 g/mol. The van der Waals surface area contributed by atoms with Crippen LogP contribution in [0.25, 0.3) is 0 Å². The SMILES string of the molecule is C=CCc1cc(C(=O)NCCc2ccc(C(=O)OC)cc2)cc(OC)c1OC. The number of hydrogen-bond donors (Lipinski definition) is 1. The summed E-state index contributed by atoms with van der Waals surface area (Å²) in [7, 11) is 4.45. The van der Waals surface area contributed by atoms with Crippen LogP contribution in [0.5, 0.6) is 11.5 Å². The first-order chi connectivity index (χ1) is 13.5. The molecule has 2 aromatic rings. The van der Waals surface area contributed by atoms with E-state index >= 15 is 0 Å². The number of rotatable bonds is 9. The normalized spacial score (nSPS) is 10.1. The van der Waals surface area contributed by atoms with Crippen LogP contribution in [0, 0.1) is 0 Å². The summed E-state index contributed by atoms with van der Waals surface area (Å²) in [6, 6.07) is 10.5. The van der Waals surface area contributed by atoms with Crippen molar-refractivity contribution in [2.75, 3.05) is 27.9 Å². The molecule has 0 bridgehead atoms. The van der Waals surface area contributed by atoms with Crippen molar-refractivity contribution in [1.82, 2.24) is 5.32 Å². The Morgan fingerprint density at radius 1 is 1.04 bits per heavy atom. The molecule has 0 saturated heterocycles. The van der Waals surface area contributed by atoms with Gasteiger partial charge in [-0.1, -0.05) is 18.2 Å². The van der Waals surface area contributed by atoms with Crippen molar-refractivity contribution in [3.63, 3.8) is 0 Å². The summed E-state index contributed by atoms with van der Waals surface area (Å²) < 4.78 is 15.4. The van der Waals surface area contributed by atoms with Crippen LogP contribution in [-0.2, 0) is 17.6 Å². The molecule has 0 aromatic heterocycles. The zero-order valence-corrected chi connectivity index (χ0v) is 16.4. The van der Waals surface area contributed by atoms with Crippen molar-refractivity contribution in [2.45, 2.75) is 12.8 Å². The van der Waals surface area contributed by atoms with Gasteiger partial charge in [-0.15, -0.1) is 6.58 Å². The number of ether oxygens (including phenoxy) is 3. The van der Waals surface area contributed by atoms with Gasteiger partial charge in [0.25, 0.3) is 5.91 Å². The summed E-state index contributed by atoms with van der Waals surface area (Å²) in [6.45, 7) is 4.20. The lowest BCUT2D eigenvalue weighted by Crippen LogP contribution is -2.26. The maximum absolute atomic E-state index is 12.5. The van der Waals surface area contributed by atoms with Crippen LogP contribution in [-0.4, -0.2) is 39.8 Å². The molecule has 0 fully saturated rings. The number of hydrogen-bond acceptors (Lipinski definition) is 5. The summed E-state index contributed by atoms with van der Waals surface area (Å²) in [5, 5.41) is 2.90. The van der Waals surface area contributed by atoms with Crippen LogP contribution in [0.1, 0.15) is 31.8 Å². The first kappa shape index (κ1) is 21.0. The highest BCUT2D eigenvalue weighted by Crippen LogP contribution is 2.33. The molecule has 1 amide bonds. The third kappa shape index (κ3) is 5.13. The van der Waals surface area contributed by atoms with E-state index in [2.05, 4.69) is 16.6 Å². The van der Waals surface area contributed by atoms with Gasteiger partial charge in [0.2, 0.25) is 0 Å². The minimum atomic E-state index is -0.372. The van der Waals surface area contributed by atoms with Crippen LogP contribution in [0.2, 0.25) is 0 Å². The molecular formula is C22H25NO5. The van der Waals surface area contributed by atoms with Crippen LogP contribution in [0.15, 0.2) is 49.1 Å². The fraction of sp³-hybridized carbons (Fsp3) is 0.273. The Hall–Kier alpha value is -3.28. The summed E-state index contributed by atoms with van der Waals surface area (Å²) >= 11 is 0. The molecule has 0 aliphatic rings. The summed E-state index contributed by atoms with van der Waals surface area (Å²) in [6.07, 6.45) is 2.95. The Kier molecular flexibility index (Phi) is 7.63. The molecule has 148 valence electrons. The van der Waals surface area contributed by atoms with Gasteiger partial charge in [0.1, 0.15) is 0 Å². The van der Waals surface area contributed by atoms with Crippen molar-refractivity contribution in [2.24, 2.45) is 0 Å². The molecular weight excluding hydrogens is 358 g/mol. The highest BCUT2D eigenvalue weighted by atomic mass is 16.5. The van der Waals surface area contributed by atoms with Crippen LogP contribution in [0.3, 0.4) is 0 Å². The van der Waals surface area contributed by atoms with E-state index in [1.807, 2.05) is 12.1 Å². The minimum Gasteiger partial charge on any atom is -0.493 e. The molecule has 0 saturated carbocycles. The van der Waals surface area contributed by atoms with Gasteiger partial charge in [-0.3, -0.25) is 4.79 Å². The highest BCUT2D eigenvalue weighted by Gasteiger charge is 2.15. The van der Waals surface area contributed by atoms with Crippen molar-refractivity contribution < 1.29 is 23.8 Å². The molecule has 0 unspecified atom stereocenters. The molecule has 0 spiro atoms. The maximum Gasteiger partial charge on any atom is 0.337 e. The lowest BCUT2D eigenvalue weighted by molar-refractivity contribution is 0.0600. The molecule has 6 nitrogen and oxygen atoms in total. The Bertz CT molecular complexity index is 843. The summed E-state index contributed by atoms with van der Waals surface area (Å²) in [4.78, 5) is 24.0. The third-order valence-electron chi connectivity index (χ3n) is 4.26. The second kappa shape index (κ2) is 10.2. The Balaban J connectivity index is 2.03. The molecule has 0 heterocycles. The zero-order valence-electron chi connectivity index (χ0n) is 16.4. The quantitative estimate of drug-likeness (QED) is 0.532. The van der Waals surface area contributed by atoms with Gasteiger partial charge < -0.3 is 19.5 Å². The third-order valence-corrected chi connectivity index (χ3v) is 4.26. The van der Waals surface area contributed by atoms with Crippen molar-refractivity contribution >= 4 is 11.9 Å². The molecule has 1 N–H and O–H groups in total. The van der Waals surface area contributed by atoms with E-state index in [1.165, 1.54) is 14.2 Å². The standard InChI is InChI=1S/C22H25NO5/c1-5-6-17-13-18(14-19(26-2)20(17)27-3)21(24)23-12-11-15-7-9-16(10-8-15)22(25)28-4/h5,7-10,13-14H,1,6,11-12H2,2-4H3,(H,23,24). The number of nitrogens with one attached hydrogen (secondary N) is 1. The second-order valence-corrected chi connectivity index (χ2v) is 6.06. The van der Waals surface area contributed by atoms with E-state index in [0.717, 1.165) is 11.1 Å². The molecule has 28 heavy (non-hydrogen) atoms. The maximum atomic E-state index is 12.5. The van der Waals surface area contributed by atoms with E-state index in [4.69, 9.17) is 9.47 Å². The smallest absolute Gasteiger partial charge is 0.337 e. The molecule has 0 radical (unpaired) electrons. The fourth-order valence-corrected chi connectivity index (χ4v) is 2.83. The van der Waals surface area contributed by atoms with E-state index < -0.39 is 0 Å². The fourth-order valence-electron chi connectivity index (χ4n) is 2.83. The molecule has 0 atom stereocenters. The Morgan fingerprint density at radius 2 is 1.75 bits per heavy atom. The van der Waals surface area contributed by atoms with Crippen LogP contribution < -0.4 is 14.8 Å². The van der Waals surface area contributed by atoms with Crippen molar-refractivity contribution in [3.05, 3.63) is 71.3 Å².